The van der Waals surface area contributed by atoms with Gasteiger partial charge in [0.1, 0.15) is 17.7 Å². The summed E-state index contributed by atoms with van der Waals surface area (Å²) in [6, 6.07) is 2.95. The van der Waals surface area contributed by atoms with Crippen LogP contribution in [0.3, 0.4) is 0 Å². The number of hydrogen-bond donors (Lipinski definition) is 0. The lowest BCUT2D eigenvalue weighted by Gasteiger charge is -2.17. The largest absolute Gasteiger partial charge is 0.472 e. The van der Waals surface area contributed by atoms with Crippen LogP contribution in [0.2, 0.25) is 0 Å². The molecule has 1 aromatic carbocycles. The summed E-state index contributed by atoms with van der Waals surface area (Å²) in [4.78, 5) is 6.86. The summed E-state index contributed by atoms with van der Waals surface area (Å²) in [7, 11) is -4.26. The zero-order valence-electron chi connectivity index (χ0n) is 11.9. The lowest BCUT2D eigenvalue weighted by Crippen LogP contribution is -2.32. The molecule has 1 aromatic heterocycles. The van der Waals surface area contributed by atoms with E-state index < -0.39 is 32.7 Å². The van der Waals surface area contributed by atoms with Gasteiger partial charge in [-0.25, -0.2) is 22.2 Å². The predicted molar refractivity (Wildman–Crippen MR) is 76.2 cm³/mol. The topological polar surface area (TPSA) is 72.4 Å². The number of halogens is 2. The van der Waals surface area contributed by atoms with Gasteiger partial charge in [-0.1, -0.05) is 6.07 Å². The van der Waals surface area contributed by atoms with E-state index in [0.717, 1.165) is 22.5 Å². The summed E-state index contributed by atoms with van der Waals surface area (Å²) >= 11 is 0. The van der Waals surface area contributed by atoms with E-state index in [2.05, 4.69) is 9.97 Å². The van der Waals surface area contributed by atoms with Crippen molar-refractivity contribution in [1.29, 1.82) is 0 Å². The average Bonchev–Trinajstić information content (AvgIpc) is 2.97. The summed E-state index contributed by atoms with van der Waals surface area (Å²) in [5.41, 5.74) is 0. The van der Waals surface area contributed by atoms with Crippen molar-refractivity contribution in [3.63, 3.8) is 0 Å². The van der Waals surface area contributed by atoms with E-state index in [9.17, 15) is 17.2 Å². The van der Waals surface area contributed by atoms with Crippen LogP contribution in [-0.4, -0.2) is 41.9 Å². The van der Waals surface area contributed by atoms with E-state index in [-0.39, 0.29) is 19.0 Å². The van der Waals surface area contributed by atoms with Crippen LogP contribution < -0.4 is 4.74 Å². The van der Waals surface area contributed by atoms with Crippen molar-refractivity contribution in [2.45, 2.75) is 17.4 Å². The van der Waals surface area contributed by atoms with Crippen LogP contribution in [-0.2, 0) is 10.0 Å². The first-order chi connectivity index (χ1) is 11.0. The van der Waals surface area contributed by atoms with Gasteiger partial charge < -0.3 is 4.74 Å². The number of rotatable bonds is 4. The van der Waals surface area contributed by atoms with Crippen LogP contribution in [0, 0.1) is 11.6 Å². The van der Waals surface area contributed by atoms with Crippen molar-refractivity contribution in [3.8, 4) is 5.88 Å². The first kappa shape index (κ1) is 15.8. The molecule has 1 atom stereocenters. The maximum absolute atomic E-state index is 13.7. The number of aromatic nitrogens is 2. The Bertz CT molecular complexity index is 782. The molecule has 6 nitrogen and oxygen atoms in total. The van der Waals surface area contributed by atoms with Gasteiger partial charge in [-0.2, -0.15) is 4.31 Å². The van der Waals surface area contributed by atoms with Crippen LogP contribution in [0.5, 0.6) is 5.88 Å². The third-order valence-electron chi connectivity index (χ3n) is 3.45. The van der Waals surface area contributed by atoms with Crippen LogP contribution >= 0.6 is 0 Å². The van der Waals surface area contributed by atoms with Crippen molar-refractivity contribution in [2.75, 3.05) is 13.1 Å². The summed E-state index contributed by atoms with van der Waals surface area (Å²) in [5, 5.41) is 0. The average molecular weight is 341 g/mol. The number of sulfonamides is 1. The van der Waals surface area contributed by atoms with Gasteiger partial charge in [0.2, 0.25) is 15.9 Å². The van der Waals surface area contributed by atoms with E-state index in [1.807, 2.05) is 0 Å². The third kappa shape index (κ3) is 3.15. The van der Waals surface area contributed by atoms with Gasteiger partial charge in [0, 0.05) is 18.9 Å². The van der Waals surface area contributed by atoms with E-state index in [4.69, 9.17) is 4.74 Å². The van der Waals surface area contributed by atoms with Crippen molar-refractivity contribution >= 4 is 10.0 Å². The fourth-order valence-electron chi connectivity index (χ4n) is 2.39. The van der Waals surface area contributed by atoms with Crippen LogP contribution in [0.1, 0.15) is 6.42 Å². The molecule has 0 aliphatic carbocycles. The Balaban J connectivity index is 1.78. The molecule has 1 aliphatic rings. The van der Waals surface area contributed by atoms with Crippen LogP contribution in [0.25, 0.3) is 0 Å². The van der Waals surface area contributed by atoms with E-state index in [1.165, 1.54) is 18.6 Å². The number of benzene rings is 1. The molecule has 23 heavy (non-hydrogen) atoms. The summed E-state index contributed by atoms with van der Waals surface area (Å²) in [6.07, 6.45) is 4.29. The maximum Gasteiger partial charge on any atom is 0.249 e. The molecular formula is C14H13F2N3O3S. The van der Waals surface area contributed by atoms with Gasteiger partial charge in [0.25, 0.3) is 0 Å². The fraction of sp³-hybridized carbons (Fsp3) is 0.286. The molecule has 2 aromatic rings. The van der Waals surface area contributed by atoms with E-state index >= 15 is 0 Å². The normalized spacial score (nSPS) is 19.0. The second-order valence-electron chi connectivity index (χ2n) is 4.99. The van der Waals surface area contributed by atoms with Crippen molar-refractivity contribution < 1.29 is 21.9 Å². The molecule has 0 N–H and O–H groups in total. The molecule has 2 heterocycles. The van der Waals surface area contributed by atoms with Gasteiger partial charge in [0.05, 0.1) is 12.7 Å². The number of ether oxygens (including phenoxy) is 1. The zero-order valence-corrected chi connectivity index (χ0v) is 12.7. The van der Waals surface area contributed by atoms with Gasteiger partial charge >= 0.3 is 0 Å². The molecule has 1 unspecified atom stereocenters. The third-order valence-corrected chi connectivity index (χ3v) is 5.37. The minimum Gasteiger partial charge on any atom is -0.472 e. The standard InChI is InChI=1S/C14H13F2N3O3S/c15-11-2-1-3-12(16)14(11)23(20,21)19-7-4-10(9-19)22-13-8-17-5-6-18-13/h1-3,5-6,8,10H,4,7,9H2. The molecule has 1 saturated heterocycles. The second kappa shape index (κ2) is 6.17. The lowest BCUT2D eigenvalue weighted by molar-refractivity contribution is 0.206. The SMILES string of the molecule is O=S(=O)(c1c(F)cccc1F)N1CCC(Oc2cnccn2)C1. The minimum atomic E-state index is -4.26. The summed E-state index contributed by atoms with van der Waals surface area (Å²) in [6.45, 7) is 0.105. The highest BCUT2D eigenvalue weighted by molar-refractivity contribution is 7.89. The molecule has 122 valence electrons. The van der Waals surface area contributed by atoms with Gasteiger partial charge in [-0.3, -0.25) is 4.98 Å². The number of hydrogen-bond acceptors (Lipinski definition) is 5. The molecule has 0 spiro atoms. The quantitative estimate of drug-likeness (QED) is 0.845. The molecule has 1 fully saturated rings. The molecule has 0 bridgehead atoms. The molecule has 1 aliphatic heterocycles. The Morgan fingerprint density at radius 1 is 1.22 bits per heavy atom. The second-order valence-corrected chi connectivity index (χ2v) is 6.86. The smallest absolute Gasteiger partial charge is 0.249 e. The van der Waals surface area contributed by atoms with Crippen LogP contribution in [0.15, 0.2) is 41.7 Å². The van der Waals surface area contributed by atoms with Gasteiger partial charge in [0.15, 0.2) is 4.90 Å². The summed E-state index contributed by atoms with van der Waals surface area (Å²) < 4.78 is 58.9. The Morgan fingerprint density at radius 2 is 1.96 bits per heavy atom. The number of nitrogens with zero attached hydrogens (tertiary/aromatic N) is 3. The molecular weight excluding hydrogens is 328 g/mol. The Morgan fingerprint density at radius 3 is 2.61 bits per heavy atom. The van der Waals surface area contributed by atoms with Gasteiger partial charge in [-0.15, -0.1) is 0 Å². The highest BCUT2D eigenvalue weighted by atomic mass is 32.2. The molecule has 3 rings (SSSR count). The highest BCUT2D eigenvalue weighted by Crippen LogP contribution is 2.26. The first-order valence-electron chi connectivity index (χ1n) is 6.85. The van der Waals surface area contributed by atoms with E-state index in [0.29, 0.717) is 6.42 Å². The molecule has 9 heteroatoms. The fourth-order valence-corrected chi connectivity index (χ4v) is 3.98. The highest BCUT2D eigenvalue weighted by Gasteiger charge is 2.37. The van der Waals surface area contributed by atoms with Crippen molar-refractivity contribution in [2.24, 2.45) is 0 Å². The maximum atomic E-state index is 13.7. The van der Waals surface area contributed by atoms with Crippen LogP contribution in [0.4, 0.5) is 8.78 Å². The summed E-state index contributed by atoms with van der Waals surface area (Å²) in [5.74, 6) is -1.94. The molecule has 0 amide bonds. The predicted octanol–water partition coefficient (Wildman–Crippen LogP) is 1.60. The van der Waals surface area contributed by atoms with Crippen molar-refractivity contribution in [1.82, 2.24) is 14.3 Å². The van der Waals surface area contributed by atoms with Crippen molar-refractivity contribution in [3.05, 3.63) is 48.4 Å². The minimum absolute atomic E-state index is 0.00726. The molecule has 0 radical (unpaired) electrons. The lowest BCUT2D eigenvalue weighted by atomic mass is 10.3. The monoisotopic (exact) mass is 341 g/mol. The zero-order chi connectivity index (χ0) is 16.4. The Labute approximate surface area is 131 Å². The first-order valence-corrected chi connectivity index (χ1v) is 8.29. The molecule has 0 saturated carbocycles. The van der Waals surface area contributed by atoms with Gasteiger partial charge in [-0.05, 0) is 18.6 Å². The Kier molecular flexibility index (Phi) is 4.22. The Hall–Kier alpha value is -2.13. The van der Waals surface area contributed by atoms with E-state index in [1.54, 1.807) is 0 Å².